The molecule has 1 unspecified atom stereocenters. The molecule has 0 spiro atoms. The maximum Gasteiger partial charge on any atom is 0.164 e. The topological polar surface area (TPSA) is 42.0 Å². The number of fused-ring (bicyclic) bond motifs is 1. The molecule has 4 heteroatoms. The monoisotopic (exact) mass is 286 g/mol. The Morgan fingerprint density at radius 1 is 1.40 bits per heavy atom. The first-order valence-electron chi connectivity index (χ1n) is 6.94. The van der Waals surface area contributed by atoms with Crippen molar-refractivity contribution in [2.45, 2.75) is 19.4 Å². The first-order valence-corrected chi connectivity index (χ1v) is 8.09. The van der Waals surface area contributed by atoms with E-state index in [0.717, 1.165) is 40.2 Å². The van der Waals surface area contributed by atoms with Gasteiger partial charge in [0.1, 0.15) is 0 Å². The minimum Gasteiger partial charge on any atom is -0.312 e. The van der Waals surface area contributed by atoms with E-state index in [1.54, 1.807) is 0 Å². The minimum atomic E-state index is 0.215. The highest BCUT2D eigenvalue weighted by molar-refractivity contribution is 7.99. The number of hydrogen-bond acceptors (Lipinski definition) is 4. The molecule has 1 N–H and O–H groups in total. The predicted octanol–water partition coefficient (Wildman–Crippen LogP) is 2.82. The summed E-state index contributed by atoms with van der Waals surface area (Å²) in [7, 11) is 0. The molecule has 2 heterocycles. The number of ketones is 1. The zero-order chi connectivity index (χ0) is 13.9. The van der Waals surface area contributed by atoms with E-state index >= 15 is 0 Å². The van der Waals surface area contributed by atoms with Crippen LogP contribution in [0.1, 0.15) is 22.5 Å². The second kappa shape index (κ2) is 5.94. The summed E-state index contributed by atoms with van der Waals surface area (Å²) in [5.41, 5.74) is 2.74. The average Bonchev–Trinajstić information content (AvgIpc) is 2.47. The molecule has 0 aliphatic carbocycles. The van der Waals surface area contributed by atoms with Gasteiger partial charge in [-0.2, -0.15) is 11.8 Å². The maximum atomic E-state index is 12.4. The van der Waals surface area contributed by atoms with Gasteiger partial charge in [0.25, 0.3) is 0 Å². The number of nitrogens with one attached hydrogen (secondary N) is 1. The number of nitrogens with zero attached hydrogens (tertiary/aromatic N) is 1. The number of benzene rings is 1. The molecular formula is C16H18N2OS. The molecule has 1 aliphatic heterocycles. The van der Waals surface area contributed by atoms with Gasteiger partial charge in [0.05, 0.1) is 5.52 Å². The number of Topliss-reactive ketones (excluding diaryl/α,β-unsaturated/α-hetero) is 1. The Morgan fingerprint density at radius 2 is 2.30 bits per heavy atom. The molecule has 3 nitrogen and oxygen atoms in total. The molecular weight excluding hydrogens is 268 g/mol. The van der Waals surface area contributed by atoms with Crippen molar-refractivity contribution < 1.29 is 4.79 Å². The van der Waals surface area contributed by atoms with E-state index in [2.05, 4.69) is 10.3 Å². The lowest BCUT2D eigenvalue weighted by Crippen LogP contribution is -2.38. The van der Waals surface area contributed by atoms with Gasteiger partial charge in [-0.15, -0.1) is 0 Å². The lowest BCUT2D eigenvalue weighted by molar-refractivity contribution is 0.0972. The van der Waals surface area contributed by atoms with Gasteiger partial charge in [-0.1, -0.05) is 6.07 Å². The zero-order valence-electron chi connectivity index (χ0n) is 11.6. The van der Waals surface area contributed by atoms with Crippen molar-refractivity contribution in [3.8, 4) is 0 Å². The van der Waals surface area contributed by atoms with E-state index < -0.39 is 0 Å². The summed E-state index contributed by atoms with van der Waals surface area (Å²) in [6.45, 7) is 2.98. The molecule has 0 amide bonds. The fourth-order valence-corrected chi connectivity index (χ4v) is 3.44. The molecule has 0 saturated carbocycles. The third-order valence-corrected chi connectivity index (χ3v) is 4.71. The molecule has 20 heavy (non-hydrogen) atoms. The Morgan fingerprint density at radius 3 is 3.10 bits per heavy atom. The van der Waals surface area contributed by atoms with Gasteiger partial charge in [-0.3, -0.25) is 9.78 Å². The van der Waals surface area contributed by atoms with Gasteiger partial charge in [0.2, 0.25) is 0 Å². The van der Waals surface area contributed by atoms with Crippen molar-refractivity contribution in [2.24, 2.45) is 0 Å². The van der Waals surface area contributed by atoms with Crippen LogP contribution < -0.4 is 5.32 Å². The molecule has 1 aromatic heterocycles. The minimum absolute atomic E-state index is 0.215. The SMILES string of the molecule is Cc1ccc2cc(C(=O)CC3CSCCN3)ccc2n1. The normalized spacial score (nSPS) is 19.1. The third-order valence-electron chi connectivity index (χ3n) is 3.58. The number of carbonyl (C=O) groups is 1. The summed E-state index contributed by atoms with van der Waals surface area (Å²) in [5, 5.41) is 4.45. The Hall–Kier alpha value is -1.39. The van der Waals surface area contributed by atoms with E-state index in [0.29, 0.717) is 12.5 Å². The van der Waals surface area contributed by atoms with Gasteiger partial charge in [0, 0.05) is 47.2 Å². The average molecular weight is 286 g/mol. The van der Waals surface area contributed by atoms with E-state index in [4.69, 9.17) is 0 Å². The highest BCUT2D eigenvalue weighted by Crippen LogP contribution is 2.18. The van der Waals surface area contributed by atoms with Crippen LogP contribution in [-0.2, 0) is 0 Å². The molecule has 1 saturated heterocycles. The van der Waals surface area contributed by atoms with Crippen molar-refractivity contribution in [2.75, 3.05) is 18.1 Å². The number of aryl methyl sites for hydroxylation is 1. The van der Waals surface area contributed by atoms with Gasteiger partial charge in [-0.05, 0) is 31.2 Å². The van der Waals surface area contributed by atoms with Crippen molar-refractivity contribution in [3.63, 3.8) is 0 Å². The largest absolute Gasteiger partial charge is 0.312 e. The van der Waals surface area contributed by atoms with Crippen molar-refractivity contribution in [1.82, 2.24) is 10.3 Å². The second-order valence-electron chi connectivity index (χ2n) is 5.21. The number of carbonyl (C=O) groups excluding carboxylic acids is 1. The molecule has 1 aromatic carbocycles. The quantitative estimate of drug-likeness (QED) is 0.881. The fourth-order valence-electron chi connectivity index (χ4n) is 2.49. The molecule has 3 rings (SSSR count). The Kier molecular flexibility index (Phi) is 4.03. The van der Waals surface area contributed by atoms with Gasteiger partial charge < -0.3 is 5.32 Å². The van der Waals surface area contributed by atoms with Crippen LogP contribution in [0.25, 0.3) is 10.9 Å². The van der Waals surface area contributed by atoms with Crippen molar-refractivity contribution in [3.05, 3.63) is 41.6 Å². The van der Waals surface area contributed by atoms with Crippen molar-refractivity contribution >= 4 is 28.4 Å². The van der Waals surface area contributed by atoms with E-state index in [1.807, 2.05) is 49.0 Å². The lowest BCUT2D eigenvalue weighted by atomic mass is 10.0. The molecule has 0 radical (unpaired) electrons. The van der Waals surface area contributed by atoms with Crippen LogP contribution in [-0.4, -0.2) is 34.9 Å². The number of rotatable bonds is 3. The molecule has 2 aromatic rings. The molecule has 0 bridgehead atoms. The number of thioether (sulfide) groups is 1. The number of aromatic nitrogens is 1. The van der Waals surface area contributed by atoms with Crippen LogP contribution in [0.2, 0.25) is 0 Å². The first-order chi connectivity index (χ1) is 9.72. The van der Waals surface area contributed by atoms with Gasteiger partial charge in [0.15, 0.2) is 5.78 Å². The maximum absolute atomic E-state index is 12.4. The predicted molar refractivity (Wildman–Crippen MR) is 84.5 cm³/mol. The smallest absolute Gasteiger partial charge is 0.164 e. The second-order valence-corrected chi connectivity index (χ2v) is 6.36. The van der Waals surface area contributed by atoms with Crippen LogP contribution in [0.5, 0.6) is 0 Å². The van der Waals surface area contributed by atoms with Crippen LogP contribution in [0, 0.1) is 6.92 Å². The summed E-state index contributed by atoms with van der Waals surface area (Å²) >= 11 is 1.92. The standard InChI is InChI=1S/C16H18N2OS/c1-11-2-3-12-8-13(4-5-15(12)18-11)16(19)9-14-10-20-7-6-17-14/h2-5,8,14,17H,6-7,9-10H2,1H3. The number of hydrogen-bond donors (Lipinski definition) is 1. The van der Waals surface area contributed by atoms with E-state index in [1.165, 1.54) is 0 Å². The van der Waals surface area contributed by atoms with E-state index in [-0.39, 0.29) is 5.78 Å². The third kappa shape index (κ3) is 3.02. The highest BCUT2D eigenvalue weighted by Gasteiger charge is 2.17. The number of pyridine rings is 1. The van der Waals surface area contributed by atoms with Gasteiger partial charge >= 0.3 is 0 Å². The zero-order valence-corrected chi connectivity index (χ0v) is 12.4. The summed E-state index contributed by atoms with van der Waals surface area (Å²) < 4.78 is 0. The summed E-state index contributed by atoms with van der Waals surface area (Å²) in [6, 6.07) is 10.1. The summed E-state index contributed by atoms with van der Waals surface area (Å²) in [6.07, 6.45) is 0.581. The molecule has 1 fully saturated rings. The Balaban J connectivity index is 1.78. The Bertz CT molecular complexity index is 635. The van der Waals surface area contributed by atoms with Crippen molar-refractivity contribution in [1.29, 1.82) is 0 Å². The fraction of sp³-hybridized carbons (Fsp3) is 0.375. The summed E-state index contributed by atoms with van der Waals surface area (Å²) in [4.78, 5) is 16.8. The van der Waals surface area contributed by atoms with Gasteiger partial charge in [-0.25, -0.2) is 0 Å². The van der Waals surface area contributed by atoms with E-state index in [9.17, 15) is 4.79 Å². The molecule has 1 atom stereocenters. The highest BCUT2D eigenvalue weighted by atomic mass is 32.2. The van der Waals surface area contributed by atoms with Crippen LogP contribution in [0.4, 0.5) is 0 Å². The van der Waals surface area contributed by atoms with Crippen LogP contribution >= 0.6 is 11.8 Å². The van der Waals surface area contributed by atoms with Crippen LogP contribution in [0.15, 0.2) is 30.3 Å². The lowest BCUT2D eigenvalue weighted by Gasteiger charge is -2.22. The van der Waals surface area contributed by atoms with Crippen LogP contribution in [0.3, 0.4) is 0 Å². The Labute approximate surface area is 123 Å². The molecule has 1 aliphatic rings. The molecule has 104 valence electrons. The summed E-state index contributed by atoms with van der Waals surface area (Å²) in [5.74, 6) is 2.39. The first kappa shape index (κ1) is 13.6.